The summed E-state index contributed by atoms with van der Waals surface area (Å²) >= 11 is 0. The van der Waals surface area contributed by atoms with E-state index in [0.29, 0.717) is 18.3 Å². The van der Waals surface area contributed by atoms with Crippen LogP contribution in [0.25, 0.3) is 0 Å². The molecule has 0 bridgehead atoms. The highest BCUT2D eigenvalue weighted by atomic mass is 16.5. The molecule has 1 amide bonds. The Balaban J connectivity index is 1.46. The summed E-state index contributed by atoms with van der Waals surface area (Å²) in [5.74, 6) is 1.24. The van der Waals surface area contributed by atoms with Gasteiger partial charge in [0.25, 0.3) is 0 Å². The molecule has 3 rings (SSSR count). The smallest absolute Gasteiger partial charge is 0.220 e. The number of hydrogen-bond donors (Lipinski definition) is 2. The van der Waals surface area contributed by atoms with Crippen LogP contribution in [0.5, 0.6) is 0 Å². The second-order valence-electron chi connectivity index (χ2n) is 6.52. The molecule has 3 fully saturated rings. The molecule has 3 aliphatic rings. The lowest BCUT2D eigenvalue weighted by Gasteiger charge is -2.45. The van der Waals surface area contributed by atoms with Crippen LogP contribution in [-0.4, -0.2) is 30.7 Å². The van der Waals surface area contributed by atoms with E-state index in [1.807, 2.05) is 0 Å². The highest BCUT2D eigenvalue weighted by Crippen LogP contribution is 2.37. The van der Waals surface area contributed by atoms with Crippen molar-refractivity contribution in [1.82, 2.24) is 5.32 Å². The lowest BCUT2D eigenvalue weighted by atomic mass is 9.72. The maximum atomic E-state index is 12.1. The van der Waals surface area contributed by atoms with Gasteiger partial charge < -0.3 is 15.8 Å². The van der Waals surface area contributed by atoms with E-state index in [-0.39, 0.29) is 24.1 Å². The minimum Gasteiger partial charge on any atom is -0.376 e. The molecule has 1 heterocycles. The van der Waals surface area contributed by atoms with Crippen LogP contribution in [0.3, 0.4) is 0 Å². The first-order valence-corrected chi connectivity index (χ1v) is 7.92. The molecule has 4 nitrogen and oxygen atoms in total. The average Bonchev–Trinajstić information content (AvgIpc) is 2.68. The van der Waals surface area contributed by atoms with Crippen LogP contribution in [0, 0.1) is 11.8 Å². The fraction of sp³-hybridized carbons (Fsp3) is 0.933. The first kappa shape index (κ1) is 13.4. The fourth-order valence-corrected chi connectivity index (χ4v) is 4.00. The van der Waals surface area contributed by atoms with Gasteiger partial charge in [-0.2, -0.15) is 0 Å². The predicted molar refractivity (Wildman–Crippen MR) is 73.6 cm³/mol. The molecule has 0 radical (unpaired) electrons. The summed E-state index contributed by atoms with van der Waals surface area (Å²) in [6, 6.07) is 0.163. The molecule has 4 heteroatoms. The second-order valence-corrected chi connectivity index (χ2v) is 6.52. The summed E-state index contributed by atoms with van der Waals surface area (Å²) in [7, 11) is 0. The van der Waals surface area contributed by atoms with E-state index in [0.717, 1.165) is 13.0 Å². The third-order valence-corrected chi connectivity index (χ3v) is 5.22. The zero-order valence-corrected chi connectivity index (χ0v) is 11.6. The summed E-state index contributed by atoms with van der Waals surface area (Å²) in [4.78, 5) is 12.1. The quantitative estimate of drug-likeness (QED) is 0.762. The Morgan fingerprint density at radius 3 is 2.63 bits per heavy atom. The fourth-order valence-electron chi connectivity index (χ4n) is 4.00. The standard InChI is InChI=1S/C15H26N2O2/c16-13-11-7-8-19-15(11)14(13)17-12(18)9-10-5-3-1-2-4-6-10/h10-11,13-15H,1-9,16H2,(H,17,18). The Bertz CT molecular complexity index is 326. The second kappa shape index (κ2) is 5.80. The number of fused-ring (bicyclic) bond motifs is 1. The lowest BCUT2D eigenvalue weighted by molar-refractivity contribution is -0.126. The zero-order valence-electron chi connectivity index (χ0n) is 11.6. The predicted octanol–water partition coefficient (Wildman–Crippen LogP) is 1.58. The van der Waals surface area contributed by atoms with Crippen LogP contribution in [0.4, 0.5) is 0 Å². The van der Waals surface area contributed by atoms with Crippen LogP contribution in [0.1, 0.15) is 51.4 Å². The summed E-state index contributed by atoms with van der Waals surface area (Å²) in [6.45, 7) is 0.804. The molecular weight excluding hydrogens is 240 g/mol. The van der Waals surface area contributed by atoms with E-state index in [1.165, 1.54) is 38.5 Å². The van der Waals surface area contributed by atoms with Gasteiger partial charge in [-0.1, -0.05) is 25.7 Å². The van der Waals surface area contributed by atoms with E-state index in [9.17, 15) is 4.79 Å². The maximum Gasteiger partial charge on any atom is 0.220 e. The maximum absolute atomic E-state index is 12.1. The van der Waals surface area contributed by atoms with Gasteiger partial charge in [0.2, 0.25) is 5.91 Å². The van der Waals surface area contributed by atoms with Crippen molar-refractivity contribution in [3.63, 3.8) is 0 Å². The van der Waals surface area contributed by atoms with Crippen molar-refractivity contribution in [2.75, 3.05) is 6.61 Å². The molecule has 4 unspecified atom stereocenters. The van der Waals surface area contributed by atoms with Crippen LogP contribution < -0.4 is 11.1 Å². The molecule has 0 aromatic rings. The van der Waals surface area contributed by atoms with Crippen molar-refractivity contribution in [2.45, 2.75) is 69.6 Å². The highest BCUT2D eigenvalue weighted by Gasteiger charge is 2.52. The molecule has 4 atom stereocenters. The van der Waals surface area contributed by atoms with E-state index < -0.39 is 0 Å². The van der Waals surface area contributed by atoms with Gasteiger partial charge in [-0.25, -0.2) is 0 Å². The van der Waals surface area contributed by atoms with Gasteiger partial charge in [0.05, 0.1) is 12.1 Å². The first-order chi connectivity index (χ1) is 9.25. The third kappa shape index (κ3) is 2.79. The first-order valence-electron chi connectivity index (χ1n) is 7.92. The molecule has 3 N–H and O–H groups in total. The largest absolute Gasteiger partial charge is 0.376 e. The van der Waals surface area contributed by atoms with Gasteiger partial charge in [0.1, 0.15) is 0 Å². The van der Waals surface area contributed by atoms with E-state index in [4.69, 9.17) is 10.5 Å². The van der Waals surface area contributed by atoms with E-state index in [1.54, 1.807) is 0 Å². The van der Waals surface area contributed by atoms with Gasteiger partial charge in [-0.15, -0.1) is 0 Å². The highest BCUT2D eigenvalue weighted by molar-refractivity contribution is 5.77. The normalized spacial score (nSPS) is 39.2. The summed E-state index contributed by atoms with van der Waals surface area (Å²) in [5, 5.41) is 3.12. The minimum atomic E-state index is 0.0609. The number of nitrogens with two attached hydrogens (primary N) is 1. The molecule has 0 aromatic carbocycles. The van der Waals surface area contributed by atoms with Crippen molar-refractivity contribution in [1.29, 1.82) is 0 Å². The number of carbonyl (C=O) groups is 1. The summed E-state index contributed by atoms with van der Waals surface area (Å²) < 4.78 is 5.65. The average molecular weight is 266 g/mol. The van der Waals surface area contributed by atoms with E-state index in [2.05, 4.69) is 5.32 Å². The van der Waals surface area contributed by atoms with Crippen LogP contribution in [-0.2, 0) is 9.53 Å². The van der Waals surface area contributed by atoms with Crippen molar-refractivity contribution in [3.8, 4) is 0 Å². The van der Waals surface area contributed by atoms with Crippen LogP contribution in [0.15, 0.2) is 0 Å². The molecule has 0 aromatic heterocycles. The third-order valence-electron chi connectivity index (χ3n) is 5.22. The van der Waals surface area contributed by atoms with Gasteiger partial charge in [-0.3, -0.25) is 4.79 Å². The number of nitrogens with one attached hydrogen (secondary N) is 1. The number of ether oxygens (including phenoxy) is 1. The Morgan fingerprint density at radius 2 is 1.89 bits per heavy atom. The van der Waals surface area contributed by atoms with Crippen molar-refractivity contribution in [2.24, 2.45) is 17.6 Å². The molecule has 2 aliphatic carbocycles. The number of rotatable bonds is 3. The van der Waals surface area contributed by atoms with Crippen molar-refractivity contribution < 1.29 is 9.53 Å². The number of amides is 1. The molecule has 108 valence electrons. The molecular formula is C15H26N2O2. The molecule has 19 heavy (non-hydrogen) atoms. The van der Waals surface area contributed by atoms with Gasteiger partial charge in [-0.05, 0) is 25.2 Å². The number of carbonyl (C=O) groups excluding carboxylic acids is 1. The van der Waals surface area contributed by atoms with Gasteiger partial charge in [0.15, 0.2) is 0 Å². The van der Waals surface area contributed by atoms with Gasteiger partial charge in [0, 0.05) is 25.0 Å². The lowest BCUT2D eigenvalue weighted by Crippen LogP contribution is -2.69. The Kier molecular flexibility index (Phi) is 4.08. The number of hydrogen-bond acceptors (Lipinski definition) is 3. The Morgan fingerprint density at radius 1 is 1.16 bits per heavy atom. The SMILES string of the molecule is NC1C2CCOC2C1NC(=O)CC1CCCCCC1. The van der Waals surface area contributed by atoms with Crippen LogP contribution >= 0.6 is 0 Å². The molecule has 1 aliphatic heterocycles. The van der Waals surface area contributed by atoms with Crippen molar-refractivity contribution >= 4 is 5.91 Å². The Labute approximate surface area is 115 Å². The zero-order chi connectivity index (χ0) is 13.2. The van der Waals surface area contributed by atoms with E-state index >= 15 is 0 Å². The molecule has 1 saturated heterocycles. The molecule has 0 spiro atoms. The molecule has 2 saturated carbocycles. The minimum absolute atomic E-state index is 0.0609. The van der Waals surface area contributed by atoms with Crippen molar-refractivity contribution in [3.05, 3.63) is 0 Å². The summed E-state index contributed by atoms with van der Waals surface area (Å²) in [5.41, 5.74) is 6.12. The Hall–Kier alpha value is -0.610. The van der Waals surface area contributed by atoms with Gasteiger partial charge >= 0.3 is 0 Å². The topological polar surface area (TPSA) is 64.3 Å². The van der Waals surface area contributed by atoms with Crippen LogP contribution in [0.2, 0.25) is 0 Å². The summed E-state index contributed by atoms with van der Waals surface area (Å²) in [6.07, 6.45) is 9.60. The monoisotopic (exact) mass is 266 g/mol.